The number of nitrogens with zero attached hydrogens (tertiary/aromatic N) is 2. The van der Waals surface area contributed by atoms with E-state index in [4.69, 9.17) is 0 Å². The fourth-order valence-corrected chi connectivity index (χ4v) is 3.65. The molecule has 1 heterocycles. The van der Waals surface area contributed by atoms with Gasteiger partial charge in [-0.3, -0.25) is 9.59 Å². The summed E-state index contributed by atoms with van der Waals surface area (Å²) < 4.78 is 13.2. The molecule has 0 saturated carbocycles. The monoisotopic (exact) mass is 382 g/mol. The van der Waals surface area contributed by atoms with Crippen molar-refractivity contribution in [3.63, 3.8) is 0 Å². The van der Waals surface area contributed by atoms with Crippen molar-refractivity contribution in [2.24, 2.45) is 5.92 Å². The average molecular weight is 382 g/mol. The number of rotatable bonds is 5. The van der Waals surface area contributed by atoms with E-state index >= 15 is 0 Å². The van der Waals surface area contributed by atoms with Crippen LogP contribution in [0.5, 0.6) is 0 Å². The van der Waals surface area contributed by atoms with Gasteiger partial charge in [-0.1, -0.05) is 56.3 Å². The molecule has 3 rings (SSSR count). The van der Waals surface area contributed by atoms with Crippen LogP contribution in [-0.4, -0.2) is 40.7 Å². The van der Waals surface area contributed by atoms with E-state index in [0.717, 1.165) is 11.1 Å². The maximum atomic E-state index is 13.2. The highest BCUT2D eigenvalue weighted by molar-refractivity contribution is 5.82. The van der Waals surface area contributed by atoms with E-state index in [2.05, 4.69) is 13.8 Å². The van der Waals surface area contributed by atoms with Crippen molar-refractivity contribution < 1.29 is 14.0 Å². The standard InChI is InChI=1S/C23H27FN2O2/c1-17(2)21-16-25(23(28)14-18-6-4-3-5-7-18)13-12-22(27)26(21)15-19-8-10-20(24)11-9-19/h3-11,17,21H,12-16H2,1-2H3. The summed E-state index contributed by atoms with van der Waals surface area (Å²) in [5, 5.41) is 0. The van der Waals surface area contributed by atoms with Gasteiger partial charge in [-0.15, -0.1) is 0 Å². The number of amides is 2. The van der Waals surface area contributed by atoms with E-state index in [0.29, 0.717) is 32.5 Å². The number of carbonyl (C=O) groups excluding carboxylic acids is 2. The first-order valence-corrected chi connectivity index (χ1v) is 9.79. The Morgan fingerprint density at radius 2 is 1.75 bits per heavy atom. The molecule has 2 aromatic carbocycles. The van der Waals surface area contributed by atoms with Gasteiger partial charge >= 0.3 is 0 Å². The third-order valence-electron chi connectivity index (χ3n) is 5.31. The predicted octanol–water partition coefficient (Wildman–Crippen LogP) is 3.65. The highest BCUT2D eigenvalue weighted by Crippen LogP contribution is 2.21. The molecule has 0 radical (unpaired) electrons. The molecule has 1 atom stereocenters. The molecule has 2 aromatic rings. The Morgan fingerprint density at radius 3 is 2.39 bits per heavy atom. The van der Waals surface area contributed by atoms with Gasteiger partial charge in [0, 0.05) is 26.1 Å². The van der Waals surface area contributed by atoms with Gasteiger partial charge in [-0.05, 0) is 29.2 Å². The minimum absolute atomic E-state index is 0.0398. The Balaban J connectivity index is 1.75. The van der Waals surface area contributed by atoms with Gasteiger partial charge in [-0.2, -0.15) is 0 Å². The van der Waals surface area contributed by atoms with E-state index in [1.54, 1.807) is 12.1 Å². The first-order chi connectivity index (χ1) is 13.4. The second-order valence-corrected chi connectivity index (χ2v) is 7.71. The van der Waals surface area contributed by atoms with Crippen molar-refractivity contribution in [2.45, 2.75) is 39.3 Å². The van der Waals surface area contributed by atoms with Crippen LogP contribution in [0.3, 0.4) is 0 Å². The zero-order chi connectivity index (χ0) is 20.1. The van der Waals surface area contributed by atoms with E-state index in [1.807, 2.05) is 40.1 Å². The molecule has 28 heavy (non-hydrogen) atoms. The molecule has 1 unspecified atom stereocenters. The smallest absolute Gasteiger partial charge is 0.227 e. The number of halogens is 1. The molecule has 0 N–H and O–H groups in total. The maximum Gasteiger partial charge on any atom is 0.227 e. The summed E-state index contributed by atoms with van der Waals surface area (Å²) in [5.74, 6) is 0.00452. The van der Waals surface area contributed by atoms with Gasteiger partial charge in [0.2, 0.25) is 11.8 Å². The van der Waals surface area contributed by atoms with Gasteiger partial charge in [0.25, 0.3) is 0 Å². The summed E-state index contributed by atoms with van der Waals surface area (Å²) in [6.45, 7) is 5.54. The van der Waals surface area contributed by atoms with Crippen LogP contribution in [-0.2, 0) is 22.6 Å². The van der Waals surface area contributed by atoms with E-state index in [9.17, 15) is 14.0 Å². The van der Waals surface area contributed by atoms with Crippen LogP contribution >= 0.6 is 0 Å². The first-order valence-electron chi connectivity index (χ1n) is 9.79. The van der Waals surface area contributed by atoms with Crippen LogP contribution in [0.4, 0.5) is 4.39 Å². The van der Waals surface area contributed by atoms with Gasteiger partial charge in [0.15, 0.2) is 0 Å². The number of carbonyl (C=O) groups is 2. The fourth-order valence-electron chi connectivity index (χ4n) is 3.65. The minimum atomic E-state index is -0.288. The molecule has 0 spiro atoms. The Bertz CT molecular complexity index is 805. The van der Waals surface area contributed by atoms with E-state index < -0.39 is 0 Å². The van der Waals surface area contributed by atoms with Crippen LogP contribution in [0.2, 0.25) is 0 Å². The van der Waals surface area contributed by atoms with Crippen LogP contribution in [0.15, 0.2) is 54.6 Å². The predicted molar refractivity (Wildman–Crippen MR) is 107 cm³/mol. The quantitative estimate of drug-likeness (QED) is 0.792. The Hall–Kier alpha value is -2.69. The molecule has 1 fully saturated rings. The summed E-state index contributed by atoms with van der Waals surface area (Å²) in [6.07, 6.45) is 0.656. The molecule has 4 nitrogen and oxygen atoms in total. The molecule has 2 amide bonds. The van der Waals surface area contributed by atoms with E-state index in [1.165, 1.54) is 12.1 Å². The molecular weight excluding hydrogens is 355 g/mol. The van der Waals surface area contributed by atoms with Crippen molar-refractivity contribution in [3.8, 4) is 0 Å². The second-order valence-electron chi connectivity index (χ2n) is 7.71. The lowest BCUT2D eigenvalue weighted by Gasteiger charge is -2.35. The van der Waals surface area contributed by atoms with E-state index in [-0.39, 0.29) is 29.6 Å². The SMILES string of the molecule is CC(C)C1CN(C(=O)Cc2ccccc2)CCC(=O)N1Cc1ccc(F)cc1. The second kappa shape index (κ2) is 9.00. The normalized spacial score (nSPS) is 17.7. The minimum Gasteiger partial charge on any atom is -0.340 e. The largest absolute Gasteiger partial charge is 0.340 e. The zero-order valence-corrected chi connectivity index (χ0v) is 16.5. The van der Waals surface area contributed by atoms with Crippen molar-refractivity contribution in [3.05, 3.63) is 71.5 Å². The lowest BCUT2D eigenvalue weighted by atomic mass is 10.0. The Morgan fingerprint density at radius 1 is 1.07 bits per heavy atom. The summed E-state index contributed by atoms with van der Waals surface area (Å²) in [6, 6.07) is 15.9. The Labute approximate surface area is 166 Å². The van der Waals surface area contributed by atoms with Crippen molar-refractivity contribution in [1.29, 1.82) is 0 Å². The average Bonchev–Trinajstić information content (AvgIpc) is 2.84. The van der Waals surface area contributed by atoms with Crippen LogP contribution < -0.4 is 0 Å². The number of hydrogen-bond donors (Lipinski definition) is 0. The molecule has 148 valence electrons. The molecule has 1 saturated heterocycles. The highest BCUT2D eigenvalue weighted by atomic mass is 19.1. The first kappa shape index (κ1) is 20.1. The summed E-state index contributed by atoms with van der Waals surface area (Å²) >= 11 is 0. The molecular formula is C23H27FN2O2. The lowest BCUT2D eigenvalue weighted by Crippen LogP contribution is -2.47. The fraction of sp³-hybridized carbons (Fsp3) is 0.391. The van der Waals surface area contributed by atoms with Crippen molar-refractivity contribution in [1.82, 2.24) is 9.80 Å². The van der Waals surface area contributed by atoms with Crippen molar-refractivity contribution >= 4 is 11.8 Å². The van der Waals surface area contributed by atoms with Gasteiger partial charge in [0.1, 0.15) is 5.82 Å². The number of hydrogen-bond acceptors (Lipinski definition) is 2. The van der Waals surface area contributed by atoms with Gasteiger partial charge in [-0.25, -0.2) is 4.39 Å². The molecule has 0 aromatic heterocycles. The zero-order valence-electron chi connectivity index (χ0n) is 16.5. The van der Waals surface area contributed by atoms with Gasteiger partial charge < -0.3 is 9.80 Å². The topological polar surface area (TPSA) is 40.6 Å². The molecule has 0 aliphatic carbocycles. The molecule has 1 aliphatic rings. The molecule has 1 aliphatic heterocycles. The lowest BCUT2D eigenvalue weighted by molar-refractivity contribution is -0.134. The van der Waals surface area contributed by atoms with Crippen LogP contribution in [0.1, 0.15) is 31.4 Å². The molecule has 5 heteroatoms. The summed E-state index contributed by atoms with van der Waals surface area (Å²) in [5.41, 5.74) is 1.87. The number of benzene rings is 2. The van der Waals surface area contributed by atoms with Gasteiger partial charge in [0.05, 0.1) is 12.5 Å². The summed E-state index contributed by atoms with van der Waals surface area (Å²) in [4.78, 5) is 29.4. The molecule has 0 bridgehead atoms. The van der Waals surface area contributed by atoms with Crippen LogP contribution in [0, 0.1) is 11.7 Å². The third-order valence-corrected chi connectivity index (χ3v) is 5.31. The highest BCUT2D eigenvalue weighted by Gasteiger charge is 2.33. The maximum absolute atomic E-state index is 13.2. The summed E-state index contributed by atoms with van der Waals surface area (Å²) in [7, 11) is 0. The van der Waals surface area contributed by atoms with Crippen LogP contribution in [0.25, 0.3) is 0 Å². The Kier molecular flexibility index (Phi) is 6.45. The third kappa shape index (κ3) is 4.97. The van der Waals surface area contributed by atoms with Crippen molar-refractivity contribution in [2.75, 3.05) is 13.1 Å².